The summed E-state index contributed by atoms with van der Waals surface area (Å²) >= 11 is 0. The summed E-state index contributed by atoms with van der Waals surface area (Å²) in [6.07, 6.45) is 1.77. The molecule has 0 unspecified atom stereocenters. The van der Waals surface area contributed by atoms with Crippen molar-refractivity contribution in [1.29, 1.82) is 0 Å². The number of aliphatic carboxylic acids is 1. The molecule has 0 heterocycles. The van der Waals surface area contributed by atoms with Gasteiger partial charge in [-0.2, -0.15) is 0 Å². The molecule has 0 saturated carbocycles. The van der Waals surface area contributed by atoms with Crippen molar-refractivity contribution in [1.82, 2.24) is 16.0 Å². The Labute approximate surface area is 86.5 Å². The highest BCUT2D eigenvalue weighted by Gasteiger charge is 2.01. The van der Waals surface area contributed by atoms with Crippen LogP contribution in [0.25, 0.3) is 0 Å². The molecule has 0 rings (SSSR count). The smallest absolute Gasteiger partial charge is 0.329 e. The van der Waals surface area contributed by atoms with Gasteiger partial charge in [0.1, 0.15) is 0 Å². The molecule has 84 valence electrons. The second-order valence-corrected chi connectivity index (χ2v) is 2.45. The number of carbonyl (C=O) groups is 3. The first-order chi connectivity index (χ1) is 7.06. The fraction of sp³-hybridized carbons (Fsp3) is 0.375. The van der Waals surface area contributed by atoms with E-state index in [9.17, 15) is 14.4 Å². The van der Waals surface area contributed by atoms with E-state index in [1.165, 1.54) is 0 Å². The minimum absolute atomic E-state index is 0.213. The Kier molecular flexibility index (Phi) is 6.36. The van der Waals surface area contributed by atoms with Gasteiger partial charge in [-0.05, 0) is 6.92 Å². The molecule has 0 atom stereocenters. The molecule has 0 spiro atoms. The average molecular weight is 215 g/mol. The third kappa shape index (κ3) is 8.28. The average Bonchev–Trinajstić information content (AvgIpc) is 2.14. The zero-order valence-corrected chi connectivity index (χ0v) is 8.24. The Morgan fingerprint density at radius 3 is 2.47 bits per heavy atom. The van der Waals surface area contributed by atoms with Crippen LogP contribution in [0.4, 0.5) is 4.79 Å². The van der Waals surface area contributed by atoms with Gasteiger partial charge in [0.25, 0.3) is 0 Å². The summed E-state index contributed by atoms with van der Waals surface area (Å²) in [7, 11) is 0. The first kappa shape index (κ1) is 12.9. The van der Waals surface area contributed by atoms with Crippen molar-refractivity contribution < 1.29 is 19.5 Å². The zero-order valence-electron chi connectivity index (χ0n) is 8.24. The lowest BCUT2D eigenvalue weighted by molar-refractivity contribution is -0.131. The molecule has 0 bridgehead atoms. The normalized spacial score (nSPS) is 9.67. The highest BCUT2D eigenvalue weighted by atomic mass is 16.4. The fourth-order valence-corrected chi connectivity index (χ4v) is 0.641. The maximum Gasteiger partial charge on any atom is 0.329 e. The minimum Gasteiger partial charge on any atom is -0.478 e. The van der Waals surface area contributed by atoms with Crippen LogP contribution in [0, 0.1) is 0 Å². The Bertz CT molecular complexity index is 275. The van der Waals surface area contributed by atoms with E-state index in [4.69, 9.17) is 5.11 Å². The summed E-state index contributed by atoms with van der Waals surface area (Å²) < 4.78 is 0. The minimum atomic E-state index is -1.16. The van der Waals surface area contributed by atoms with E-state index in [-0.39, 0.29) is 6.54 Å². The Balaban J connectivity index is 3.66. The van der Waals surface area contributed by atoms with Crippen LogP contribution in [0.2, 0.25) is 0 Å². The Morgan fingerprint density at radius 2 is 1.93 bits per heavy atom. The standard InChI is InChI=1S/C8H13N3O4/c1-2-9-8(15)11-5-6(12)10-4-3-7(13)14/h3-4H,2,5H2,1H3,(H,10,12)(H,13,14)(H2,9,11,15)/b4-3+. The van der Waals surface area contributed by atoms with Crippen molar-refractivity contribution in [2.24, 2.45) is 0 Å². The van der Waals surface area contributed by atoms with Gasteiger partial charge in [-0.3, -0.25) is 4.79 Å². The zero-order chi connectivity index (χ0) is 11.7. The highest BCUT2D eigenvalue weighted by Crippen LogP contribution is 1.70. The largest absolute Gasteiger partial charge is 0.478 e. The van der Waals surface area contributed by atoms with E-state index in [0.29, 0.717) is 6.54 Å². The van der Waals surface area contributed by atoms with Crippen molar-refractivity contribution in [3.8, 4) is 0 Å². The second-order valence-electron chi connectivity index (χ2n) is 2.45. The summed E-state index contributed by atoms with van der Waals surface area (Å²) in [5, 5.41) is 15.1. The quantitative estimate of drug-likeness (QED) is 0.442. The monoisotopic (exact) mass is 215 g/mol. The van der Waals surface area contributed by atoms with Crippen molar-refractivity contribution in [3.05, 3.63) is 12.3 Å². The van der Waals surface area contributed by atoms with Crippen molar-refractivity contribution in [3.63, 3.8) is 0 Å². The Morgan fingerprint density at radius 1 is 1.27 bits per heavy atom. The molecule has 7 heteroatoms. The van der Waals surface area contributed by atoms with Gasteiger partial charge in [0.2, 0.25) is 5.91 Å². The first-order valence-corrected chi connectivity index (χ1v) is 4.26. The van der Waals surface area contributed by atoms with Crippen LogP contribution in [0.1, 0.15) is 6.92 Å². The molecule has 0 aromatic rings. The van der Waals surface area contributed by atoms with Gasteiger partial charge in [0.15, 0.2) is 0 Å². The van der Waals surface area contributed by atoms with Gasteiger partial charge in [-0.1, -0.05) is 0 Å². The summed E-state index contributed by atoms with van der Waals surface area (Å²) in [4.78, 5) is 31.8. The number of carboxylic acids is 1. The molecule has 0 fully saturated rings. The van der Waals surface area contributed by atoms with Gasteiger partial charge in [0.05, 0.1) is 6.54 Å². The van der Waals surface area contributed by atoms with Crippen molar-refractivity contribution in [2.75, 3.05) is 13.1 Å². The third-order valence-electron chi connectivity index (χ3n) is 1.22. The molecule has 7 nitrogen and oxygen atoms in total. The van der Waals surface area contributed by atoms with Gasteiger partial charge >= 0.3 is 12.0 Å². The van der Waals surface area contributed by atoms with Crippen LogP contribution in [0.5, 0.6) is 0 Å². The van der Waals surface area contributed by atoms with Crippen LogP contribution in [0.15, 0.2) is 12.3 Å². The molecule has 0 radical (unpaired) electrons. The lowest BCUT2D eigenvalue weighted by atomic mass is 10.5. The number of urea groups is 1. The van der Waals surface area contributed by atoms with Crippen molar-refractivity contribution in [2.45, 2.75) is 6.92 Å². The van der Waals surface area contributed by atoms with E-state index in [1.807, 2.05) is 0 Å². The van der Waals surface area contributed by atoms with E-state index in [2.05, 4.69) is 16.0 Å². The first-order valence-electron chi connectivity index (χ1n) is 4.26. The summed E-state index contributed by atoms with van der Waals surface area (Å²) in [5.41, 5.74) is 0. The number of carbonyl (C=O) groups excluding carboxylic acids is 2. The molecule has 0 aliphatic carbocycles. The van der Waals surface area contributed by atoms with Crippen molar-refractivity contribution >= 4 is 17.9 Å². The van der Waals surface area contributed by atoms with Crippen LogP contribution >= 0.6 is 0 Å². The van der Waals surface area contributed by atoms with E-state index < -0.39 is 17.9 Å². The second kappa shape index (κ2) is 7.36. The molecule has 0 aliphatic rings. The van der Waals surface area contributed by atoms with Crippen LogP contribution in [0.3, 0.4) is 0 Å². The lowest BCUT2D eigenvalue weighted by Crippen LogP contribution is -2.40. The predicted molar refractivity (Wildman–Crippen MR) is 52.0 cm³/mol. The summed E-state index contributed by atoms with van der Waals surface area (Å²) in [6, 6.07) is -0.449. The molecular formula is C8H13N3O4. The van der Waals surface area contributed by atoms with E-state index >= 15 is 0 Å². The number of amides is 3. The molecular weight excluding hydrogens is 202 g/mol. The number of carboxylic acid groups (broad SMARTS) is 1. The molecule has 15 heavy (non-hydrogen) atoms. The molecule has 3 amide bonds. The van der Waals surface area contributed by atoms with Gasteiger partial charge in [-0.25, -0.2) is 9.59 Å². The number of hydrogen-bond acceptors (Lipinski definition) is 3. The number of rotatable bonds is 5. The maximum atomic E-state index is 10.9. The molecule has 0 aromatic carbocycles. The van der Waals surface area contributed by atoms with Crippen LogP contribution < -0.4 is 16.0 Å². The van der Waals surface area contributed by atoms with Gasteiger partial charge < -0.3 is 21.1 Å². The molecule has 0 aliphatic heterocycles. The lowest BCUT2D eigenvalue weighted by Gasteiger charge is -2.04. The SMILES string of the molecule is CCNC(=O)NCC(=O)N/C=C/C(=O)O. The third-order valence-corrected chi connectivity index (χ3v) is 1.22. The topological polar surface area (TPSA) is 108 Å². The number of hydrogen-bond donors (Lipinski definition) is 4. The Hall–Kier alpha value is -2.05. The molecule has 0 saturated heterocycles. The summed E-state index contributed by atoms with van der Waals surface area (Å²) in [6.45, 7) is 2.00. The fourth-order valence-electron chi connectivity index (χ4n) is 0.641. The highest BCUT2D eigenvalue weighted by molar-refractivity contribution is 5.85. The van der Waals surface area contributed by atoms with Crippen LogP contribution in [-0.2, 0) is 9.59 Å². The maximum absolute atomic E-state index is 10.9. The predicted octanol–water partition coefficient (Wildman–Crippen LogP) is -0.980. The van der Waals surface area contributed by atoms with Crippen LogP contribution in [-0.4, -0.2) is 36.1 Å². The number of nitrogens with one attached hydrogen (secondary N) is 3. The molecule has 0 aromatic heterocycles. The van der Waals surface area contributed by atoms with Gasteiger partial charge in [-0.15, -0.1) is 0 Å². The summed E-state index contributed by atoms with van der Waals surface area (Å²) in [5.74, 6) is -1.66. The van der Waals surface area contributed by atoms with E-state index in [1.54, 1.807) is 6.92 Å². The van der Waals surface area contributed by atoms with E-state index in [0.717, 1.165) is 12.3 Å². The van der Waals surface area contributed by atoms with Gasteiger partial charge in [0, 0.05) is 18.8 Å². The molecule has 4 N–H and O–H groups in total.